The molecule has 0 radical (unpaired) electrons. The first-order chi connectivity index (χ1) is 15.7. The Kier molecular flexibility index (Phi) is 7.65. The van der Waals surface area contributed by atoms with Crippen molar-refractivity contribution in [2.75, 3.05) is 5.32 Å². The highest BCUT2D eigenvalue weighted by Crippen LogP contribution is 2.24. The molecule has 8 nitrogen and oxygen atoms in total. The summed E-state index contributed by atoms with van der Waals surface area (Å²) in [5.41, 5.74) is -0.612. The average molecular weight is 475 g/mol. The van der Waals surface area contributed by atoms with Crippen LogP contribution in [0.3, 0.4) is 0 Å². The van der Waals surface area contributed by atoms with E-state index in [4.69, 9.17) is 16.3 Å². The molecular weight excluding hydrogens is 451 g/mol. The highest BCUT2D eigenvalue weighted by Gasteiger charge is 2.16. The van der Waals surface area contributed by atoms with E-state index in [1.165, 1.54) is 16.7 Å². The van der Waals surface area contributed by atoms with Gasteiger partial charge in [0, 0.05) is 23.2 Å². The van der Waals surface area contributed by atoms with Gasteiger partial charge in [-0.25, -0.2) is 18.5 Å². The number of ether oxygens (including phenoxy) is 1. The molecule has 1 aromatic heterocycles. The maximum absolute atomic E-state index is 14.4. The molecule has 3 aromatic rings. The van der Waals surface area contributed by atoms with Crippen LogP contribution in [0.2, 0.25) is 5.02 Å². The molecule has 174 valence electrons. The van der Waals surface area contributed by atoms with Gasteiger partial charge in [-0.15, -0.1) is 0 Å². The molecule has 0 atom stereocenters. The highest BCUT2D eigenvalue weighted by molar-refractivity contribution is 6.30. The van der Waals surface area contributed by atoms with E-state index in [2.05, 4.69) is 10.3 Å². The van der Waals surface area contributed by atoms with Crippen molar-refractivity contribution in [3.05, 3.63) is 79.8 Å². The Bertz CT molecular complexity index is 1270. The second-order valence-corrected chi connectivity index (χ2v) is 8.06. The topological polar surface area (TPSA) is 95.2 Å². The molecule has 0 saturated heterocycles. The van der Waals surface area contributed by atoms with E-state index in [-0.39, 0.29) is 48.8 Å². The van der Waals surface area contributed by atoms with Gasteiger partial charge >= 0.3 is 11.4 Å². The van der Waals surface area contributed by atoms with E-state index in [0.717, 1.165) is 4.57 Å². The standard InChI is InChI=1S/C23H24ClFN4O4/c1-4-18(30)13-29-22(31)27-21(26-17-9-10-20(19(25)11-17)33-14(2)3)28(23(29)32)12-15-5-7-16(24)8-6-15/h5-11,14H,4,12-13H2,1-3H3,(H,26,27,31). The molecule has 33 heavy (non-hydrogen) atoms. The smallest absolute Gasteiger partial charge is 0.355 e. The Morgan fingerprint density at radius 2 is 1.85 bits per heavy atom. The van der Waals surface area contributed by atoms with Crippen LogP contribution >= 0.6 is 11.6 Å². The van der Waals surface area contributed by atoms with Crippen molar-refractivity contribution >= 4 is 29.0 Å². The maximum Gasteiger partial charge on any atom is 0.355 e. The summed E-state index contributed by atoms with van der Waals surface area (Å²) in [5.74, 6) is -0.896. The Morgan fingerprint density at radius 1 is 1.15 bits per heavy atom. The molecule has 0 spiro atoms. The zero-order chi connectivity index (χ0) is 24.1. The Hall–Kier alpha value is -3.46. The van der Waals surface area contributed by atoms with Crippen molar-refractivity contribution < 1.29 is 13.9 Å². The minimum absolute atomic E-state index is 0.0446. The number of anilines is 2. The number of hydrogen-bond donors (Lipinski definition) is 1. The lowest BCUT2D eigenvalue weighted by Gasteiger charge is -2.16. The van der Waals surface area contributed by atoms with Gasteiger partial charge in [-0.1, -0.05) is 30.7 Å². The van der Waals surface area contributed by atoms with Gasteiger partial charge in [0.25, 0.3) is 0 Å². The normalized spacial score (nSPS) is 11.0. The quantitative estimate of drug-likeness (QED) is 0.507. The first-order valence-corrected chi connectivity index (χ1v) is 10.8. The highest BCUT2D eigenvalue weighted by atomic mass is 35.5. The van der Waals surface area contributed by atoms with E-state index in [9.17, 15) is 18.8 Å². The first-order valence-electron chi connectivity index (χ1n) is 10.4. The minimum atomic E-state index is -0.878. The molecule has 0 bridgehead atoms. The molecular formula is C23H24ClFN4O4. The van der Waals surface area contributed by atoms with Gasteiger partial charge in [-0.2, -0.15) is 4.98 Å². The van der Waals surface area contributed by atoms with Crippen LogP contribution in [-0.2, 0) is 17.9 Å². The van der Waals surface area contributed by atoms with Crippen LogP contribution in [0, 0.1) is 5.82 Å². The van der Waals surface area contributed by atoms with Crippen LogP contribution in [-0.4, -0.2) is 26.0 Å². The average Bonchev–Trinajstić information content (AvgIpc) is 2.76. The number of Topliss-reactive ketones (excluding diaryl/α,β-unsaturated/α-hetero) is 1. The number of carbonyl (C=O) groups excluding carboxylic acids is 1. The Labute approximate surface area is 194 Å². The lowest BCUT2D eigenvalue weighted by atomic mass is 10.2. The minimum Gasteiger partial charge on any atom is -0.488 e. The number of nitrogens with one attached hydrogen (secondary N) is 1. The fraction of sp³-hybridized carbons (Fsp3) is 0.304. The van der Waals surface area contributed by atoms with Crippen molar-refractivity contribution in [3.8, 4) is 5.75 Å². The number of nitrogens with zero attached hydrogens (tertiary/aromatic N) is 3. The molecule has 0 amide bonds. The largest absolute Gasteiger partial charge is 0.488 e. The predicted octanol–water partition coefficient (Wildman–Crippen LogP) is 3.76. The molecule has 0 aliphatic rings. The summed E-state index contributed by atoms with van der Waals surface area (Å²) in [7, 11) is 0. The Balaban J connectivity index is 2.04. The van der Waals surface area contributed by atoms with Crippen LogP contribution in [0.5, 0.6) is 5.75 Å². The van der Waals surface area contributed by atoms with E-state index in [1.807, 2.05) is 0 Å². The fourth-order valence-electron chi connectivity index (χ4n) is 3.02. The molecule has 0 fully saturated rings. The lowest BCUT2D eigenvalue weighted by Crippen LogP contribution is -2.44. The van der Waals surface area contributed by atoms with E-state index >= 15 is 0 Å². The summed E-state index contributed by atoms with van der Waals surface area (Å²) in [5, 5.41) is 3.36. The zero-order valence-corrected chi connectivity index (χ0v) is 19.2. The van der Waals surface area contributed by atoms with Crippen molar-refractivity contribution in [1.82, 2.24) is 14.1 Å². The molecule has 0 saturated carbocycles. The van der Waals surface area contributed by atoms with Gasteiger partial charge < -0.3 is 10.1 Å². The van der Waals surface area contributed by atoms with Gasteiger partial charge in [0.15, 0.2) is 17.3 Å². The van der Waals surface area contributed by atoms with Crippen molar-refractivity contribution in [2.24, 2.45) is 0 Å². The second kappa shape index (κ2) is 10.4. The third-order valence-corrected chi connectivity index (χ3v) is 4.94. The van der Waals surface area contributed by atoms with Crippen LogP contribution in [0.4, 0.5) is 16.0 Å². The summed E-state index contributed by atoms with van der Waals surface area (Å²) in [6, 6.07) is 11.0. The number of ketones is 1. The summed E-state index contributed by atoms with van der Waals surface area (Å²) in [6.45, 7) is 4.87. The van der Waals surface area contributed by atoms with Crippen molar-refractivity contribution in [2.45, 2.75) is 46.4 Å². The monoisotopic (exact) mass is 474 g/mol. The van der Waals surface area contributed by atoms with Crippen LogP contribution < -0.4 is 21.4 Å². The number of aromatic nitrogens is 3. The van der Waals surface area contributed by atoms with Gasteiger partial charge in [0.05, 0.1) is 19.2 Å². The molecule has 10 heteroatoms. The van der Waals surface area contributed by atoms with E-state index in [0.29, 0.717) is 10.6 Å². The second-order valence-electron chi connectivity index (χ2n) is 7.63. The van der Waals surface area contributed by atoms with Gasteiger partial charge in [-0.05, 0) is 43.7 Å². The Morgan fingerprint density at radius 3 is 2.45 bits per heavy atom. The van der Waals surface area contributed by atoms with Crippen LogP contribution in [0.25, 0.3) is 0 Å². The van der Waals surface area contributed by atoms with E-state index in [1.54, 1.807) is 51.1 Å². The number of hydrogen-bond acceptors (Lipinski definition) is 6. The molecule has 1 N–H and O–H groups in total. The number of carbonyl (C=O) groups is 1. The number of halogens is 2. The van der Waals surface area contributed by atoms with Gasteiger partial charge in [-0.3, -0.25) is 9.36 Å². The summed E-state index contributed by atoms with van der Waals surface area (Å²) >= 11 is 5.94. The summed E-state index contributed by atoms with van der Waals surface area (Å²) in [4.78, 5) is 41.5. The molecule has 2 aromatic carbocycles. The first kappa shape index (κ1) is 24.2. The molecule has 3 rings (SSSR count). The number of rotatable bonds is 9. The predicted molar refractivity (Wildman–Crippen MR) is 124 cm³/mol. The third kappa shape index (κ3) is 6.07. The third-order valence-electron chi connectivity index (χ3n) is 4.68. The maximum atomic E-state index is 14.4. The molecule has 1 heterocycles. The van der Waals surface area contributed by atoms with Crippen LogP contribution in [0.1, 0.15) is 32.8 Å². The van der Waals surface area contributed by atoms with Gasteiger partial charge in [0.2, 0.25) is 5.95 Å². The van der Waals surface area contributed by atoms with E-state index < -0.39 is 17.2 Å². The summed E-state index contributed by atoms with van der Waals surface area (Å²) < 4.78 is 21.8. The molecule has 0 unspecified atom stereocenters. The molecule has 0 aliphatic heterocycles. The molecule has 0 aliphatic carbocycles. The fourth-order valence-corrected chi connectivity index (χ4v) is 3.15. The van der Waals surface area contributed by atoms with Crippen molar-refractivity contribution in [3.63, 3.8) is 0 Å². The summed E-state index contributed by atoms with van der Waals surface area (Å²) in [6.07, 6.45) is -0.0318. The number of benzene rings is 2. The van der Waals surface area contributed by atoms with Crippen molar-refractivity contribution in [1.29, 1.82) is 0 Å². The lowest BCUT2D eigenvalue weighted by molar-refractivity contribution is -0.119. The van der Waals surface area contributed by atoms with Crippen LogP contribution in [0.15, 0.2) is 52.1 Å². The zero-order valence-electron chi connectivity index (χ0n) is 18.5. The SMILES string of the molecule is CCC(=O)Cn1c(=O)nc(Nc2ccc(OC(C)C)c(F)c2)n(Cc2ccc(Cl)cc2)c1=O. The van der Waals surface area contributed by atoms with Gasteiger partial charge in [0.1, 0.15) is 0 Å².